The molecule has 124 valence electrons. The molecular formula is C14H22N2O5S. The number of hydrogen-bond donors (Lipinski definition) is 2. The van der Waals surface area contributed by atoms with E-state index in [1.807, 2.05) is 6.92 Å². The van der Waals surface area contributed by atoms with Gasteiger partial charge in [0.15, 0.2) is 11.5 Å². The van der Waals surface area contributed by atoms with Crippen LogP contribution in [0.4, 0.5) is 0 Å². The van der Waals surface area contributed by atoms with Crippen LogP contribution in [0, 0.1) is 0 Å². The molecule has 0 aliphatic carbocycles. The Balaban J connectivity index is 2.92. The molecule has 0 aliphatic rings. The van der Waals surface area contributed by atoms with Gasteiger partial charge in [-0.3, -0.25) is 4.79 Å². The summed E-state index contributed by atoms with van der Waals surface area (Å²) in [6.45, 7) is 3.91. The van der Waals surface area contributed by atoms with Crippen molar-refractivity contribution in [3.63, 3.8) is 0 Å². The molecule has 0 bridgehead atoms. The highest BCUT2D eigenvalue weighted by atomic mass is 32.2. The predicted octanol–water partition coefficient (Wildman–Crippen LogP) is 0.897. The van der Waals surface area contributed by atoms with Gasteiger partial charge in [0.2, 0.25) is 15.9 Å². The minimum atomic E-state index is -3.83. The number of carbonyl (C=O) groups excluding carboxylic acids is 1. The highest BCUT2D eigenvalue weighted by Gasteiger charge is 2.23. The van der Waals surface area contributed by atoms with Gasteiger partial charge in [-0.1, -0.05) is 6.92 Å². The Morgan fingerprint density at radius 2 is 1.86 bits per heavy atom. The van der Waals surface area contributed by atoms with Crippen LogP contribution in [-0.2, 0) is 14.8 Å². The van der Waals surface area contributed by atoms with Crippen LogP contribution in [0.1, 0.15) is 20.3 Å². The molecule has 1 amide bonds. The zero-order valence-electron chi connectivity index (χ0n) is 13.2. The fourth-order valence-corrected chi connectivity index (χ4v) is 2.96. The summed E-state index contributed by atoms with van der Waals surface area (Å²) >= 11 is 0. The molecule has 7 nitrogen and oxygen atoms in total. The molecule has 0 radical (unpaired) electrons. The van der Waals surface area contributed by atoms with Crippen LogP contribution in [-0.4, -0.2) is 41.1 Å². The smallest absolute Gasteiger partial charge is 0.241 e. The molecule has 0 saturated carbocycles. The van der Waals surface area contributed by atoms with Gasteiger partial charge in [0, 0.05) is 12.6 Å². The van der Waals surface area contributed by atoms with Gasteiger partial charge >= 0.3 is 0 Å². The third-order valence-electron chi connectivity index (χ3n) is 2.94. The number of ether oxygens (including phenoxy) is 2. The van der Waals surface area contributed by atoms with Crippen LogP contribution in [0.15, 0.2) is 23.1 Å². The van der Waals surface area contributed by atoms with Crippen molar-refractivity contribution in [1.82, 2.24) is 10.0 Å². The van der Waals surface area contributed by atoms with Gasteiger partial charge in [-0.25, -0.2) is 8.42 Å². The molecule has 0 fully saturated rings. The van der Waals surface area contributed by atoms with Gasteiger partial charge in [0.1, 0.15) is 0 Å². The first-order valence-electron chi connectivity index (χ1n) is 6.87. The summed E-state index contributed by atoms with van der Waals surface area (Å²) in [6, 6.07) is 3.36. The fraction of sp³-hybridized carbons (Fsp3) is 0.500. The zero-order valence-corrected chi connectivity index (χ0v) is 14.0. The third-order valence-corrected chi connectivity index (χ3v) is 4.48. The molecule has 1 atom stereocenters. The van der Waals surface area contributed by atoms with E-state index in [2.05, 4.69) is 10.0 Å². The molecule has 0 heterocycles. The van der Waals surface area contributed by atoms with Gasteiger partial charge in [0.05, 0.1) is 25.2 Å². The maximum atomic E-state index is 12.3. The van der Waals surface area contributed by atoms with Crippen molar-refractivity contribution in [1.29, 1.82) is 0 Å². The standard InChI is InChI=1S/C14H22N2O5S/c1-5-8-15-14(17)10(2)16-22(18,19)11-6-7-12(20-3)13(9-11)21-4/h6-7,9-10,16H,5,8H2,1-4H3,(H,15,17)/t10-/m1/s1. The Morgan fingerprint density at radius 1 is 1.23 bits per heavy atom. The van der Waals surface area contributed by atoms with Crippen molar-refractivity contribution >= 4 is 15.9 Å². The summed E-state index contributed by atoms with van der Waals surface area (Å²) in [7, 11) is -0.952. The molecule has 2 N–H and O–H groups in total. The maximum Gasteiger partial charge on any atom is 0.241 e. The average Bonchev–Trinajstić information content (AvgIpc) is 2.51. The first-order valence-corrected chi connectivity index (χ1v) is 8.36. The fourth-order valence-electron chi connectivity index (χ4n) is 1.74. The Labute approximate surface area is 131 Å². The second-order valence-electron chi connectivity index (χ2n) is 4.65. The van der Waals surface area contributed by atoms with Gasteiger partial charge in [-0.2, -0.15) is 4.72 Å². The first kappa shape index (κ1) is 18.2. The topological polar surface area (TPSA) is 93.7 Å². The Kier molecular flexibility index (Phi) is 6.63. The molecule has 0 saturated heterocycles. The number of carbonyl (C=O) groups is 1. The molecule has 1 aromatic rings. The Hall–Kier alpha value is -1.80. The second-order valence-corrected chi connectivity index (χ2v) is 6.36. The van der Waals surface area contributed by atoms with E-state index in [-0.39, 0.29) is 10.8 Å². The van der Waals surface area contributed by atoms with E-state index in [0.29, 0.717) is 18.0 Å². The molecule has 0 unspecified atom stereocenters. The number of nitrogens with one attached hydrogen (secondary N) is 2. The number of methoxy groups -OCH3 is 2. The quantitative estimate of drug-likeness (QED) is 0.738. The largest absolute Gasteiger partial charge is 0.493 e. The van der Waals surface area contributed by atoms with Crippen LogP contribution >= 0.6 is 0 Å². The number of sulfonamides is 1. The highest BCUT2D eigenvalue weighted by Crippen LogP contribution is 2.29. The van der Waals surface area contributed by atoms with Gasteiger partial charge in [-0.05, 0) is 25.5 Å². The van der Waals surface area contributed by atoms with Gasteiger partial charge < -0.3 is 14.8 Å². The van der Waals surface area contributed by atoms with E-state index in [1.165, 1.54) is 39.3 Å². The lowest BCUT2D eigenvalue weighted by Gasteiger charge is -2.15. The number of benzene rings is 1. The summed E-state index contributed by atoms with van der Waals surface area (Å²) < 4.78 is 37.1. The van der Waals surface area contributed by atoms with Gasteiger partial charge in [-0.15, -0.1) is 0 Å². The van der Waals surface area contributed by atoms with Crippen molar-refractivity contribution in [2.45, 2.75) is 31.2 Å². The summed E-state index contributed by atoms with van der Waals surface area (Å²) in [6.07, 6.45) is 0.779. The summed E-state index contributed by atoms with van der Waals surface area (Å²) in [5, 5.41) is 2.64. The molecule has 1 aromatic carbocycles. The molecule has 22 heavy (non-hydrogen) atoms. The third kappa shape index (κ3) is 4.60. The van der Waals surface area contributed by atoms with E-state index >= 15 is 0 Å². The van der Waals surface area contributed by atoms with E-state index in [0.717, 1.165) is 6.42 Å². The monoisotopic (exact) mass is 330 g/mol. The molecule has 8 heteroatoms. The normalized spacial score (nSPS) is 12.5. The van der Waals surface area contributed by atoms with Crippen molar-refractivity contribution in [2.75, 3.05) is 20.8 Å². The highest BCUT2D eigenvalue weighted by molar-refractivity contribution is 7.89. The number of rotatable bonds is 8. The molecular weight excluding hydrogens is 308 g/mol. The van der Waals surface area contributed by atoms with Crippen LogP contribution in [0.3, 0.4) is 0 Å². The summed E-state index contributed by atoms with van der Waals surface area (Å²) in [5.41, 5.74) is 0. The van der Waals surface area contributed by atoms with E-state index < -0.39 is 16.1 Å². The Bertz CT molecular complexity index is 616. The van der Waals surface area contributed by atoms with Gasteiger partial charge in [0.25, 0.3) is 0 Å². The number of hydrogen-bond acceptors (Lipinski definition) is 5. The molecule has 0 spiro atoms. The lowest BCUT2D eigenvalue weighted by atomic mass is 10.3. The summed E-state index contributed by atoms with van der Waals surface area (Å²) in [5.74, 6) is 0.356. The SMILES string of the molecule is CCCNC(=O)[C@@H](C)NS(=O)(=O)c1ccc(OC)c(OC)c1. The van der Waals surface area contributed by atoms with Crippen LogP contribution in [0.25, 0.3) is 0 Å². The van der Waals surface area contributed by atoms with E-state index in [1.54, 1.807) is 0 Å². The Morgan fingerprint density at radius 3 is 2.41 bits per heavy atom. The molecule has 1 rings (SSSR count). The van der Waals surface area contributed by atoms with Crippen LogP contribution in [0.5, 0.6) is 11.5 Å². The van der Waals surface area contributed by atoms with Crippen molar-refractivity contribution in [3.8, 4) is 11.5 Å². The number of amides is 1. The van der Waals surface area contributed by atoms with Crippen LogP contribution < -0.4 is 19.5 Å². The second kappa shape index (κ2) is 8.00. The van der Waals surface area contributed by atoms with E-state index in [4.69, 9.17) is 9.47 Å². The van der Waals surface area contributed by atoms with Crippen molar-refractivity contribution < 1.29 is 22.7 Å². The molecule has 0 aromatic heterocycles. The lowest BCUT2D eigenvalue weighted by molar-refractivity contribution is -0.122. The maximum absolute atomic E-state index is 12.3. The van der Waals surface area contributed by atoms with E-state index in [9.17, 15) is 13.2 Å². The minimum Gasteiger partial charge on any atom is -0.493 e. The minimum absolute atomic E-state index is 0.000270. The average molecular weight is 330 g/mol. The first-order chi connectivity index (χ1) is 10.4. The predicted molar refractivity (Wildman–Crippen MR) is 82.6 cm³/mol. The van der Waals surface area contributed by atoms with Crippen molar-refractivity contribution in [3.05, 3.63) is 18.2 Å². The molecule has 0 aliphatic heterocycles. The zero-order chi connectivity index (χ0) is 16.8. The lowest BCUT2D eigenvalue weighted by Crippen LogP contribution is -2.44. The van der Waals surface area contributed by atoms with Crippen molar-refractivity contribution in [2.24, 2.45) is 0 Å². The van der Waals surface area contributed by atoms with Crippen LogP contribution in [0.2, 0.25) is 0 Å². The summed E-state index contributed by atoms with van der Waals surface area (Å²) in [4.78, 5) is 11.8.